The van der Waals surface area contributed by atoms with E-state index in [1.54, 1.807) is 0 Å². The maximum atomic E-state index is 10.9. The number of nitrogens with two attached hydrogens (primary N) is 1. The number of hydrogen-bond acceptors (Lipinski definition) is 16. The summed E-state index contributed by atoms with van der Waals surface area (Å²) in [7, 11) is -10.4. The zero-order valence-electron chi connectivity index (χ0n) is 18.4. The standard InChI is InChI=1S/C10H13N5O4.C5H12O11P2/c11-8-5-9(13-2-12-8)15(3-14-5)10-7(18)6(17)4(1-16)19-10;6-1-3(7)5(9)4(8)2-15-18(13,14)16-17(10,11)12/h2-4,6-7,10,16-18H,1H2,(H2,11,12,13);1,3-5,7-9H,2H2,(H,13,14)(H2,10,11,12)/t4-,6-,7-,10-;/m1./s1. The number of anilines is 1. The molecule has 0 saturated carbocycles. The Morgan fingerprint density at radius 2 is 1.78 bits per heavy atom. The van der Waals surface area contributed by atoms with Gasteiger partial charge in [-0.2, -0.15) is 4.31 Å². The minimum absolute atomic E-state index is 0.0986. The second-order valence-corrected chi connectivity index (χ2v) is 10.2. The first-order valence-corrected chi connectivity index (χ1v) is 12.9. The lowest BCUT2D eigenvalue weighted by atomic mass is 10.1. The van der Waals surface area contributed by atoms with Gasteiger partial charge in [0.15, 0.2) is 24.0 Å². The number of fused-ring (bicyclic) bond motifs is 1. The van der Waals surface area contributed by atoms with Gasteiger partial charge in [-0.25, -0.2) is 24.1 Å². The molecular formula is C15H25N5O15P2. The maximum Gasteiger partial charge on any atom is 0.481 e. The van der Waals surface area contributed by atoms with Crippen LogP contribution in [0.3, 0.4) is 0 Å². The summed E-state index contributed by atoms with van der Waals surface area (Å²) in [6, 6.07) is 0. The van der Waals surface area contributed by atoms with Crippen LogP contribution in [0.25, 0.3) is 11.2 Å². The molecular weight excluding hydrogens is 552 g/mol. The molecule has 0 aliphatic carbocycles. The van der Waals surface area contributed by atoms with Crippen molar-refractivity contribution in [2.24, 2.45) is 0 Å². The van der Waals surface area contributed by atoms with Crippen LogP contribution in [-0.4, -0.2) is 121 Å². The molecule has 11 N–H and O–H groups in total. The Kier molecular flexibility index (Phi) is 10.7. The minimum atomic E-state index is -5.28. The molecule has 0 aromatic carbocycles. The number of aldehydes is 1. The van der Waals surface area contributed by atoms with Gasteiger partial charge < -0.3 is 60.6 Å². The molecule has 1 fully saturated rings. The lowest BCUT2D eigenvalue weighted by Crippen LogP contribution is -2.40. The predicted molar refractivity (Wildman–Crippen MR) is 116 cm³/mol. The monoisotopic (exact) mass is 577 g/mol. The third kappa shape index (κ3) is 8.24. The zero-order valence-corrected chi connectivity index (χ0v) is 20.2. The van der Waals surface area contributed by atoms with Crippen molar-refractivity contribution < 1.29 is 72.8 Å². The van der Waals surface area contributed by atoms with Gasteiger partial charge in [0.25, 0.3) is 0 Å². The van der Waals surface area contributed by atoms with E-state index < -0.39 is 71.7 Å². The molecule has 2 aromatic heterocycles. The highest BCUT2D eigenvalue weighted by Crippen LogP contribution is 2.57. The Bertz CT molecular complexity index is 1150. The van der Waals surface area contributed by atoms with Crippen LogP contribution in [0, 0.1) is 0 Å². The number of nitrogen functional groups attached to an aromatic ring is 1. The van der Waals surface area contributed by atoms with E-state index in [4.69, 9.17) is 45.6 Å². The number of phosphoric acid groups is 2. The molecule has 1 saturated heterocycles. The van der Waals surface area contributed by atoms with Crippen molar-refractivity contribution in [2.45, 2.75) is 42.9 Å². The highest BCUT2D eigenvalue weighted by molar-refractivity contribution is 7.60. The first-order valence-electron chi connectivity index (χ1n) is 9.91. The van der Waals surface area contributed by atoms with Gasteiger partial charge in [-0.15, -0.1) is 0 Å². The summed E-state index contributed by atoms with van der Waals surface area (Å²) in [5, 5.41) is 55.7. The second kappa shape index (κ2) is 12.7. The van der Waals surface area contributed by atoms with Crippen LogP contribution in [0.15, 0.2) is 12.7 Å². The Hall–Kier alpha value is -2.00. The van der Waals surface area contributed by atoms with Gasteiger partial charge in [-0.1, -0.05) is 0 Å². The highest BCUT2D eigenvalue weighted by Gasteiger charge is 2.44. The summed E-state index contributed by atoms with van der Waals surface area (Å²) in [4.78, 5) is 47.2. The number of phosphoric ester groups is 1. The number of nitrogens with zero attached hydrogens (tertiary/aromatic N) is 4. The van der Waals surface area contributed by atoms with Crippen LogP contribution in [-0.2, 0) is 27.5 Å². The number of carbonyl (C=O) groups is 1. The van der Waals surface area contributed by atoms with E-state index in [0.717, 1.165) is 0 Å². The third-order valence-corrected chi connectivity index (χ3v) is 6.83. The third-order valence-electron chi connectivity index (χ3n) is 4.68. The Morgan fingerprint density at radius 3 is 2.32 bits per heavy atom. The molecule has 210 valence electrons. The molecule has 0 amide bonds. The van der Waals surface area contributed by atoms with Crippen LogP contribution < -0.4 is 5.73 Å². The molecule has 3 rings (SSSR count). The van der Waals surface area contributed by atoms with Gasteiger partial charge in [0, 0.05) is 0 Å². The molecule has 0 bridgehead atoms. The molecule has 1 aliphatic rings. The van der Waals surface area contributed by atoms with E-state index in [2.05, 4.69) is 23.8 Å². The normalized spacial score (nSPS) is 26.1. The number of aliphatic hydroxyl groups is 6. The Morgan fingerprint density at radius 1 is 1.14 bits per heavy atom. The number of aromatic nitrogens is 4. The van der Waals surface area contributed by atoms with Crippen molar-refractivity contribution in [1.29, 1.82) is 0 Å². The number of imidazole rings is 1. The number of aliphatic hydroxyl groups excluding tert-OH is 6. The number of ether oxygens (including phenoxy) is 1. The Labute approximate surface area is 206 Å². The van der Waals surface area contributed by atoms with Crippen LogP contribution in [0.4, 0.5) is 5.82 Å². The quantitative estimate of drug-likeness (QED) is 0.0939. The maximum absolute atomic E-state index is 10.9. The number of rotatable bonds is 10. The molecule has 20 nitrogen and oxygen atoms in total. The average Bonchev–Trinajstić information content (AvgIpc) is 3.37. The van der Waals surface area contributed by atoms with Crippen molar-refractivity contribution in [3.8, 4) is 0 Å². The van der Waals surface area contributed by atoms with E-state index in [1.165, 1.54) is 17.2 Å². The van der Waals surface area contributed by atoms with Crippen molar-refractivity contribution in [3.63, 3.8) is 0 Å². The molecule has 22 heteroatoms. The van der Waals surface area contributed by atoms with E-state index in [9.17, 15) is 24.1 Å². The first-order chi connectivity index (χ1) is 17.1. The van der Waals surface area contributed by atoms with Crippen molar-refractivity contribution in [1.82, 2.24) is 19.5 Å². The summed E-state index contributed by atoms with van der Waals surface area (Å²) >= 11 is 0. The van der Waals surface area contributed by atoms with Crippen LogP contribution in [0.1, 0.15) is 6.23 Å². The topological polar surface area (TPSA) is 331 Å². The number of hydrogen-bond donors (Lipinski definition) is 10. The SMILES string of the molecule is Nc1ncnc2c1ncn2[C@@H]1O[C@H](CO)[C@@H](O)[C@H]1O.O=CC(O)C(O)C(O)COP(=O)(O)OP(=O)(O)O. The molecule has 1 aliphatic heterocycles. The predicted octanol–water partition coefficient (Wildman–Crippen LogP) is -4.49. The van der Waals surface area contributed by atoms with Crippen LogP contribution in [0.5, 0.6) is 0 Å². The molecule has 2 aromatic rings. The van der Waals surface area contributed by atoms with Gasteiger partial charge in [-0.05, 0) is 0 Å². The molecule has 37 heavy (non-hydrogen) atoms. The average molecular weight is 577 g/mol. The highest BCUT2D eigenvalue weighted by atomic mass is 31.3. The van der Waals surface area contributed by atoms with Crippen LogP contribution >= 0.6 is 15.6 Å². The zero-order chi connectivity index (χ0) is 28.1. The smallest absolute Gasteiger partial charge is 0.394 e. The fraction of sp³-hybridized carbons (Fsp3) is 0.600. The molecule has 4 unspecified atom stereocenters. The van der Waals surface area contributed by atoms with Crippen molar-refractivity contribution >= 4 is 38.9 Å². The Balaban J connectivity index is 0.000000261. The lowest BCUT2D eigenvalue weighted by molar-refractivity contribution is -0.127. The lowest BCUT2D eigenvalue weighted by Gasteiger charge is -2.20. The summed E-state index contributed by atoms with van der Waals surface area (Å²) in [6.07, 6.45) is -7.43. The van der Waals surface area contributed by atoms with E-state index >= 15 is 0 Å². The van der Waals surface area contributed by atoms with Gasteiger partial charge in [0.1, 0.15) is 48.5 Å². The van der Waals surface area contributed by atoms with E-state index in [1.807, 2.05) is 0 Å². The van der Waals surface area contributed by atoms with E-state index in [0.29, 0.717) is 11.2 Å². The largest absolute Gasteiger partial charge is 0.481 e. The van der Waals surface area contributed by atoms with Gasteiger partial charge in [0.2, 0.25) is 0 Å². The van der Waals surface area contributed by atoms with Crippen molar-refractivity contribution in [3.05, 3.63) is 12.7 Å². The van der Waals surface area contributed by atoms with Gasteiger partial charge >= 0.3 is 15.6 Å². The van der Waals surface area contributed by atoms with Gasteiger partial charge in [-0.3, -0.25) is 9.09 Å². The summed E-state index contributed by atoms with van der Waals surface area (Å²) < 4.78 is 35.3. The second-order valence-electron chi connectivity index (χ2n) is 7.33. The molecule has 8 atom stereocenters. The molecule has 0 spiro atoms. The minimum Gasteiger partial charge on any atom is -0.394 e. The summed E-state index contributed by atoms with van der Waals surface area (Å²) in [5.41, 5.74) is 6.44. The van der Waals surface area contributed by atoms with Crippen LogP contribution in [0.2, 0.25) is 0 Å². The fourth-order valence-corrected chi connectivity index (χ4v) is 4.51. The van der Waals surface area contributed by atoms with E-state index in [-0.39, 0.29) is 12.1 Å². The van der Waals surface area contributed by atoms with Gasteiger partial charge in [0.05, 0.1) is 19.5 Å². The first kappa shape index (κ1) is 31.2. The molecule has 3 heterocycles. The molecule has 0 radical (unpaired) electrons. The summed E-state index contributed by atoms with van der Waals surface area (Å²) in [6.45, 7) is -1.50. The van der Waals surface area contributed by atoms with Crippen molar-refractivity contribution in [2.75, 3.05) is 18.9 Å². The number of carbonyl (C=O) groups excluding carboxylic acids is 1. The summed E-state index contributed by atoms with van der Waals surface area (Å²) in [5.74, 6) is 0.218. The fourth-order valence-electron chi connectivity index (χ4n) is 2.90.